The topological polar surface area (TPSA) is 47.6 Å². The van der Waals surface area contributed by atoms with Crippen LogP contribution < -0.4 is 14.8 Å². The Morgan fingerprint density at radius 3 is 2.77 bits per heavy atom. The van der Waals surface area contributed by atoms with Crippen molar-refractivity contribution in [2.24, 2.45) is 0 Å². The van der Waals surface area contributed by atoms with Crippen molar-refractivity contribution in [3.8, 4) is 11.5 Å². The minimum atomic E-state index is -0.547. The highest BCUT2D eigenvalue weighted by Crippen LogP contribution is 2.31. The quantitative estimate of drug-likeness (QED) is 0.847. The van der Waals surface area contributed by atoms with Gasteiger partial charge < -0.3 is 14.8 Å². The van der Waals surface area contributed by atoms with Crippen LogP contribution in [-0.2, 0) is 4.79 Å². The van der Waals surface area contributed by atoms with E-state index < -0.39 is 6.10 Å². The summed E-state index contributed by atoms with van der Waals surface area (Å²) in [7, 11) is 0. The molecule has 1 fully saturated rings. The van der Waals surface area contributed by atoms with E-state index in [2.05, 4.69) is 5.32 Å². The van der Waals surface area contributed by atoms with Crippen LogP contribution in [0, 0.1) is 0 Å². The van der Waals surface area contributed by atoms with Crippen LogP contribution >= 0.6 is 11.8 Å². The van der Waals surface area contributed by atoms with E-state index in [1.807, 2.05) is 36.0 Å². The number of nitrogens with one attached hydrogen (secondary N) is 1. The molecule has 1 aromatic carbocycles. The van der Waals surface area contributed by atoms with E-state index in [0.717, 1.165) is 11.0 Å². The number of benzene rings is 1. The van der Waals surface area contributed by atoms with Gasteiger partial charge in [-0.15, -0.1) is 0 Å². The first-order chi connectivity index (χ1) is 10.8. The maximum atomic E-state index is 12.1. The van der Waals surface area contributed by atoms with Gasteiger partial charge in [-0.05, 0) is 25.0 Å². The molecule has 0 unspecified atom stereocenters. The lowest BCUT2D eigenvalue weighted by molar-refractivity contribution is -0.130. The smallest absolute Gasteiger partial charge is 0.264 e. The molecule has 1 aliphatic heterocycles. The number of carbonyl (C=O) groups excluding carboxylic acids is 1. The number of amides is 1. The third-order valence-corrected chi connectivity index (χ3v) is 5.49. The predicted molar refractivity (Wildman–Crippen MR) is 88.7 cm³/mol. The molecule has 2 aliphatic rings. The third kappa shape index (κ3) is 4.09. The minimum absolute atomic E-state index is 0.0845. The maximum Gasteiger partial charge on any atom is 0.264 e. The zero-order chi connectivity index (χ0) is 15.2. The van der Waals surface area contributed by atoms with Crippen molar-refractivity contribution in [3.05, 3.63) is 24.3 Å². The van der Waals surface area contributed by atoms with Crippen molar-refractivity contribution >= 4 is 17.7 Å². The molecule has 0 bridgehead atoms. The summed E-state index contributed by atoms with van der Waals surface area (Å²) >= 11 is 1.99. The normalized spacial score (nSPS) is 21.4. The number of ether oxygens (including phenoxy) is 2. The van der Waals surface area contributed by atoms with Gasteiger partial charge in [-0.1, -0.05) is 31.4 Å². The number of hydrogen-bond acceptors (Lipinski definition) is 4. The summed E-state index contributed by atoms with van der Waals surface area (Å²) in [6.07, 6.45) is 6.21. The molecule has 1 aromatic rings. The van der Waals surface area contributed by atoms with Crippen molar-refractivity contribution in [3.63, 3.8) is 0 Å². The summed E-state index contributed by atoms with van der Waals surface area (Å²) in [6, 6.07) is 7.45. The SMILES string of the molecule is O=C(NCCSC1CCCCC1)[C@H]1COc2ccccc2O1. The van der Waals surface area contributed by atoms with Crippen molar-refractivity contribution in [1.29, 1.82) is 0 Å². The first-order valence-corrected chi connectivity index (χ1v) is 9.15. The van der Waals surface area contributed by atoms with Gasteiger partial charge in [0.1, 0.15) is 6.61 Å². The predicted octanol–water partition coefficient (Wildman–Crippen LogP) is 3.01. The largest absolute Gasteiger partial charge is 0.485 e. The van der Waals surface area contributed by atoms with E-state index >= 15 is 0 Å². The lowest BCUT2D eigenvalue weighted by Crippen LogP contribution is -2.44. The summed E-state index contributed by atoms with van der Waals surface area (Å²) in [4.78, 5) is 12.1. The molecular weight excluding hydrogens is 298 g/mol. The summed E-state index contributed by atoms with van der Waals surface area (Å²) in [5.41, 5.74) is 0. The minimum Gasteiger partial charge on any atom is -0.485 e. The van der Waals surface area contributed by atoms with Crippen molar-refractivity contribution in [2.45, 2.75) is 43.5 Å². The van der Waals surface area contributed by atoms with Gasteiger partial charge in [-0.2, -0.15) is 11.8 Å². The number of fused-ring (bicyclic) bond motifs is 1. The Bertz CT molecular complexity index is 502. The van der Waals surface area contributed by atoms with Crippen LogP contribution in [0.3, 0.4) is 0 Å². The second-order valence-corrected chi connectivity index (χ2v) is 7.19. The molecule has 1 saturated carbocycles. The van der Waals surface area contributed by atoms with Gasteiger partial charge in [-0.25, -0.2) is 0 Å². The van der Waals surface area contributed by atoms with Gasteiger partial charge in [0.05, 0.1) is 0 Å². The van der Waals surface area contributed by atoms with Gasteiger partial charge >= 0.3 is 0 Å². The molecular formula is C17H23NO3S. The number of rotatable bonds is 5. The highest BCUT2D eigenvalue weighted by molar-refractivity contribution is 7.99. The van der Waals surface area contributed by atoms with Gasteiger partial charge in [0.15, 0.2) is 11.5 Å². The molecule has 5 heteroatoms. The van der Waals surface area contributed by atoms with E-state index in [1.54, 1.807) is 0 Å². The highest BCUT2D eigenvalue weighted by Gasteiger charge is 2.26. The Morgan fingerprint density at radius 2 is 1.95 bits per heavy atom. The van der Waals surface area contributed by atoms with Crippen LogP contribution in [0.4, 0.5) is 0 Å². The molecule has 3 rings (SSSR count). The number of thioether (sulfide) groups is 1. The van der Waals surface area contributed by atoms with E-state index in [-0.39, 0.29) is 12.5 Å². The Hall–Kier alpha value is -1.36. The van der Waals surface area contributed by atoms with Crippen LogP contribution in [0.2, 0.25) is 0 Å². The zero-order valence-electron chi connectivity index (χ0n) is 12.8. The molecule has 1 N–H and O–H groups in total. The lowest BCUT2D eigenvalue weighted by atomic mass is 10.0. The number of hydrogen-bond donors (Lipinski definition) is 1. The lowest BCUT2D eigenvalue weighted by Gasteiger charge is -2.25. The van der Waals surface area contributed by atoms with E-state index in [1.165, 1.54) is 32.1 Å². The molecule has 1 atom stereocenters. The fourth-order valence-corrected chi connectivity index (χ4v) is 4.11. The van der Waals surface area contributed by atoms with Crippen molar-refractivity contribution < 1.29 is 14.3 Å². The Kier molecular flexibility index (Phi) is 5.48. The van der Waals surface area contributed by atoms with Gasteiger partial charge in [0.25, 0.3) is 5.91 Å². The molecule has 1 heterocycles. The van der Waals surface area contributed by atoms with Gasteiger partial charge in [-0.3, -0.25) is 4.79 Å². The van der Waals surface area contributed by atoms with E-state index in [4.69, 9.17) is 9.47 Å². The molecule has 1 aliphatic carbocycles. The van der Waals surface area contributed by atoms with Crippen molar-refractivity contribution in [1.82, 2.24) is 5.32 Å². The summed E-state index contributed by atoms with van der Waals surface area (Å²) in [5, 5.41) is 3.74. The third-order valence-electron chi connectivity index (χ3n) is 4.11. The zero-order valence-corrected chi connectivity index (χ0v) is 13.6. The van der Waals surface area contributed by atoms with Crippen LogP contribution in [0.1, 0.15) is 32.1 Å². The number of carbonyl (C=O) groups is 1. The van der Waals surface area contributed by atoms with Crippen LogP contribution in [0.25, 0.3) is 0 Å². The molecule has 22 heavy (non-hydrogen) atoms. The van der Waals surface area contributed by atoms with Gasteiger partial charge in [0.2, 0.25) is 6.10 Å². The van der Waals surface area contributed by atoms with Gasteiger partial charge in [0, 0.05) is 17.5 Å². The maximum absolute atomic E-state index is 12.1. The molecule has 0 spiro atoms. The second kappa shape index (κ2) is 7.77. The summed E-state index contributed by atoms with van der Waals surface area (Å²) in [5.74, 6) is 2.24. The van der Waals surface area contributed by atoms with Crippen LogP contribution in [0.15, 0.2) is 24.3 Å². The molecule has 120 valence electrons. The van der Waals surface area contributed by atoms with Crippen LogP contribution in [0.5, 0.6) is 11.5 Å². The number of para-hydroxylation sites is 2. The molecule has 0 radical (unpaired) electrons. The average Bonchev–Trinajstić information content (AvgIpc) is 2.59. The Morgan fingerprint density at radius 1 is 1.18 bits per heavy atom. The Balaban J connectivity index is 1.37. The first kappa shape index (κ1) is 15.5. The average molecular weight is 321 g/mol. The summed E-state index contributed by atoms with van der Waals surface area (Å²) < 4.78 is 11.3. The van der Waals surface area contributed by atoms with Crippen LogP contribution in [-0.4, -0.2) is 36.2 Å². The van der Waals surface area contributed by atoms with E-state index in [0.29, 0.717) is 18.0 Å². The Labute approximate surface area is 135 Å². The highest BCUT2D eigenvalue weighted by atomic mass is 32.2. The molecule has 0 aromatic heterocycles. The fourth-order valence-electron chi connectivity index (χ4n) is 2.89. The van der Waals surface area contributed by atoms with E-state index in [9.17, 15) is 4.79 Å². The molecule has 1 amide bonds. The fraction of sp³-hybridized carbons (Fsp3) is 0.588. The summed E-state index contributed by atoms with van der Waals surface area (Å²) in [6.45, 7) is 0.972. The monoisotopic (exact) mass is 321 g/mol. The first-order valence-electron chi connectivity index (χ1n) is 8.11. The van der Waals surface area contributed by atoms with Crippen molar-refractivity contribution in [2.75, 3.05) is 18.9 Å². The standard InChI is InChI=1S/C17H23NO3S/c19-17(18-10-11-22-13-6-2-1-3-7-13)16-12-20-14-8-4-5-9-15(14)21-16/h4-5,8-9,13,16H,1-3,6-7,10-12H2,(H,18,19)/t16-/m1/s1. The molecule has 0 saturated heterocycles. The molecule has 4 nitrogen and oxygen atoms in total. The second-order valence-electron chi connectivity index (χ2n) is 5.79.